The van der Waals surface area contributed by atoms with Crippen LogP contribution in [0.3, 0.4) is 0 Å². The Morgan fingerprint density at radius 1 is 1.16 bits per heavy atom. The molecular weight excluding hydrogens is 338 g/mol. The summed E-state index contributed by atoms with van der Waals surface area (Å²) in [6.07, 6.45) is 1.09. The van der Waals surface area contributed by atoms with E-state index in [2.05, 4.69) is 0 Å². The molecule has 136 valence electrons. The van der Waals surface area contributed by atoms with E-state index in [9.17, 15) is 14.4 Å². The van der Waals surface area contributed by atoms with E-state index in [4.69, 9.17) is 0 Å². The van der Waals surface area contributed by atoms with Crippen LogP contribution in [0.15, 0.2) is 17.5 Å². The van der Waals surface area contributed by atoms with Gasteiger partial charge in [-0.2, -0.15) is 0 Å². The second-order valence-corrected chi connectivity index (χ2v) is 7.94. The maximum absolute atomic E-state index is 12.8. The van der Waals surface area contributed by atoms with Crippen molar-refractivity contribution in [1.82, 2.24) is 14.7 Å². The molecule has 0 bridgehead atoms. The lowest BCUT2D eigenvalue weighted by atomic mass is 10.1. The SMILES string of the molecule is CC(C)N1CC(C(=O)N2CCCN(C(=O)c3cccs3)CC2)CC1=O. The molecule has 25 heavy (non-hydrogen) atoms. The lowest BCUT2D eigenvalue weighted by molar-refractivity contribution is -0.135. The minimum Gasteiger partial charge on any atom is -0.341 e. The molecule has 3 amide bonds. The Hall–Kier alpha value is -1.89. The van der Waals surface area contributed by atoms with Crippen LogP contribution in [0.1, 0.15) is 36.4 Å². The zero-order valence-corrected chi connectivity index (χ0v) is 15.6. The van der Waals surface area contributed by atoms with Gasteiger partial charge in [-0.05, 0) is 31.7 Å². The molecule has 2 aliphatic rings. The van der Waals surface area contributed by atoms with Crippen LogP contribution in [-0.2, 0) is 9.59 Å². The third-order valence-corrected chi connectivity index (χ3v) is 5.82. The topological polar surface area (TPSA) is 60.9 Å². The van der Waals surface area contributed by atoms with E-state index in [1.54, 1.807) is 4.90 Å². The number of thiophene rings is 1. The van der Waals surface area contributed by atoms with Crippen molar-refractivity contribution in [3.63, 3.8) is 0 Å². The van der Waals surface area contributed by atoms with Crippen LogP contribution in [0.2, 0.25) is 0 Å². The number of hydrogen-bond acceptors (Lipinski definition) is 4. The van der Waals surface area contributed by atoms with E-state index in [1.807, 2.05) is 41.2 Å². The van der Waals surface area contributed by atoms with Crippen molar-refractivity contribution in [2.75, 3.05) is 32.7 Å². The highest BCUT2D eigenvalue weighted by atomic mass is 32.1. The lowest BCUT2D eigenvalue weighted by Gasteiger charge is -2.25. The highest BCUT2D eigenvalue weighted by Gasteiger charge is 2.38. The molecule has 7 heteroatoms. The van der Waals surface area contributed by atoms with Gasteiger partial charge in [0.2, 0.25) is 11.8 Å². The van der Waals surface area contributed by atoms with Gasteiger partial charge < -0.3 is 14.7 Å². The average Bonchev–Trinajstić information content (AvgIpc) is 3.18. The summed E-state index contributed by atoms with van der Waals surface area (Å²) < 4.78 is 0. The molecule has 0 saturated carbocycles. The molecule has 1 aromatic heterocycles. The smallest absolute Gasteiger partial charge is 0.263 e. The number of carbonyl (C=O) groups excluding carboxylic acids is 3. The van der Waals surface area contributed by atoms with Crippen molar-refractivity contribution in [2.24, 2.45) is 5.92 Å². The quantitative estimate of drug-likeness (QED) is 0.821. The van der Waals surface area contributed by atoms with Crippen LogP contribution in [0.4, 0.5) is 0 Å². The molecule has 3 rings (SSSR count). The molecule has 0 aliphatic carbocycles. The Morgan fingerprint density at radius 3 is 2.52 bits per heavy atom. The van der Waals surface area contributed by atoms with E-state index in [1.165, 1.54) is 11.3 Å². The van der Waals surface area contributed by atoms with Crippen molar-refractivity contribution in [1.29, 1.82) is 0 Å². The van der Waals surface area contributed by atoms with Crippen molar-refractivity contribution in [3.05, 3.63) is 22.4 Å². The fourth-order valence-corrected chi connectivity index (χ4v) is 4.24. The third-order valence-electron chi connectivity index (χ3n) is 4.96. The zero-order chi connectivity index (χ0) is 18.0. The molecule has 0 spiro atoms. The van der Waals surface area contributed by atoms with Gasteiger partial charge in [0.25, 0.3) is 5.91 Å². The molecular formula is C18H25N3O3S. The van der Waals surface area contributed by atoms with E-state index in [0.29, 0.717) is 39.1 Å². The highest BCUT2D eigenvalue weighted by Crippen LogP contribution is 2.23. The molecule has 0 N–H and O–H groups in total. The van der Waals surface area contributed by atoms with E-state index >= 15 is 0 Å². The van der Waals surface area contributed by atoms with Crippen molar-refractivity contribution >= 4 is 29.1 Å². The van der Waals surface area contributed by atoms with Crippen LogP contribution < -0.4 is 0 Å². The Kier molecular flexibility index (Phi) is 5.42. The van der Waals surface area contributed by atoms with Gasteiger partial charge in [-0.25, -0.2) is 0 Å². The molecule has 2 aliphatic heterocycles. The monoisotopic (exact) mass is 363 g/mol. The molecule has 3 heterocycles. The fourth-order valence-electron chi connectivity index (χ4n) is 3.55. The summed E-state index contributed by atoms with van der Waals surface area (Å²) in [5, 5.41) is 1.90. The molecule has 0 aromatic carbocycles. The van der Waals surface area contributed by atoms with Gasteiger partial charge in [-0.1, -0.05) is 6.07 Å². The van der Waals surface area contributed by atoms with E-state index in [-0.39, 0.29) is 29.7 Å². The average molecular weight is 363 g/mol. The normalized spacial score (nSPS) is 21.8. The van der Waals surface area contributed by atoms with Crippen molar-refractivity contribution in [3.8, 4) is 0 Å². The van der Waals surface area contributed by atoms with E-state index in [0.717, 1.165) is 11.3 Å². The summed E-state index contributed by atoms with van der Waals surface area (Å²) in [6, 6.07) is 3.85. The van der Waals surface area contributed by atoms with Gasteiger partial charge in [0.1, 0.15) is 0 Å². The van der Waals surface area contributed by atoms with Gasteiger partial charge in [-0.3, -0.25) is 14.4 Å². The highest BCUT2D eigenvalue weighted by molar-refractivity contribution is 7.12. The first kappa shape index (κ1) is 17.9. The Labute approximate surface area is 152 Å². The number of likely N-dealkylation sites (tertiary alicyclic amines) is 1. The third kappa shape index (κ3) is 3.86. The number of carbonyl (C=O) groups is 3. The van der Waals surface area contributed by atoms with Crippen LogP contribution in [-0.4, -0.2) is 71.2 Å². The standard InChI is InChI=1S/C18H25N3O3S/c1-13(2)21-12-14(11-16(21)22)17(23)19-6-4-7-20(9-8-19)18(24)15-5-3-10-25-15/h3,5,10,13-14H,4,6-9,11-12H2,1-2H3. The van der Waals surface area contributed by atoms with Gasteiger partial charge in [0.15, 0.2) is 0 Å². The fraction of sp³-hybridized carbons (Fsp3) is 0.611. The second kappa shape index (κ2) is 7.56. The number of hydrogen-bond donors (Lipinski definition) is 0. The largest absolute Gasteiger partial charge is 0.341 e. The number of rotatable bonds is 3. The molecule has 1 aromatic rings. The van der Waals surface area contributed by atoms with E-state index < -0.39 is 0 Å². The molecule has 0 radical (unpaired) electrons. The second-order valence-electron chi connectivity index (χ2n) is 6.99. The van der Waals surface area contributed by atoms with Crippen molar-refractivity contribution < 1.29 is 14.4 Å². The Morgan fingerprint density at radius 2 is 1.88 bits per heavy atom. The summed E-state index contributed by atoms with van der Waals surface area (Å²) in [4.78, 5) is 43.6. The maximum Gasteiger partial charge on any atom is 0.263 e. The number of amides is 3. The molecule has 1 atom stereocenters. The van der Waals surface area contributed by atoms with Crippen LogP contribution in [0.5, 0.6) is 0 Å². The van der Waals surface area contributed by atoms with Gasteiger partial charge in [0, 0.05) is 45.2 Å². The predicted molar refractivity (Wildman–Crippen MR) is 96.4 cm³/mol. The van der Waals surface area contributed by atoms with Gasteiger partial charge >= 0.3 is 0 Å². The van der Waals surface area contributed by atoms with Crippen LogP contribution in [0, 0.1) is 5.92 Å². The summed E-state index contributed by atoms with van der Waals surface area (Å²) in [7, 11) is 0. The first-order valence-corrected chi connectivity index (χ1v) is 9.76. The summed E-state index contributed by atoms with van der Waals surface area (Å²) in [5.41, 5.74) is 0. The minimum absolute atomic E-state index is 0.0475. The summed E-state index contributed by atoms with van der Waals surface area (Å²) >= 11 is 1.45. The maximum atomic E-state index is 12.8. The molecule has 2 saturated heterocycles. The first-order valence-electron chi connectivity index (χ1n) is 8.88. The van der Waals surface area contributed by atoms with Gasteiger partial charge in [0.05, 0.1) is 10.8 Å². The summed E-state index contributed by atoms with van der Waals surface area (Å²) in [6.45, 7) is 6.89. The lowest BCUT2D eigenvalue weighted by Crippen LogP contribution is -2.41. The zero-order valence-electron chi connectivity index (χ0n) is 14.8. The predicted octanol–water partition coefficient (Wildman–Crippen LogP) is 1.68. The van der Waals surface area contributed by atoms with Crippen LogP contribution in [0.25, 0.3) is 0 Å². The Bertz CT molecular complexity index is 644. The summed E-state index contributed by atoms with van der Waals surface area (Å²) in [5.74, 6) is -0.0691. The minimum atomic E-state index is -0.241. The van der Waals surface area contributed by atoms with Crippen LogP contribution >= 0.6 is 11.3 Å². The molecule has 2 fully saturated rings. The Balaban J connectivity index is 1.59. The van der Waals surface area contributed by atoms with Crippen molar-refractivity contribution in [2.45, 2.75) is 32.7 Å². The molecule has 1 unspecified atom stereocenters. The first-order chi connectivity index (χ1) is 12.0. The number of nitrogens with zero attached hydrogens (tertiary/aromatic N) is 3. The van der Waals surface area contributed by atoms with Gasteiger partial charge in [-0.15, -0.1) is 11.3 Å². The molecule has 6 nitrogen and oxygen atoms in total.